The fourth-order valence-electron chi connectivity index (χ4n) is 9.72. The minimum atomic E-state index is -2.59. The van der Waals surface area contributed by atoms with Gasteiger partial charge in [0.1, 0.15) is 17.9 Å². The summed E-state index contributed by atoms with van der Waals surface area (Å²) in [6.07, 6.45) is 22.9. The quantitative estimate of drug-likeness (QED) is 0.0879. The van der Waals surface area contributed by atoms with Gasteiger partial charge < -0.3 is 59.8 Å². The Morgan fingerprint density at radius 3 is 1.44 bits per heavy atom. The molecule has 18 heteroatoms. The van der Waals surface area contributed by atoms with Crippen molar-refractivity contribution < 1.29 is 41.0 Å². The van der Waals surface area contributed by atoms with Gasteiger partial charge in [-0.2, -0.15) is 0 Å². The zero-order valence-corrected chi connectivity index (χ0v) is 46.9. The predicted octanol–water partition coefficient (Wildman–Crippen LogP) is 10.0. The molecule has 0 aromatic heterocycles. The van der Waals surface area contributed by atoms with E-state index in [1.165, 1.54) is 96.6 Å². The Balaban J connectivity index is 0.000000422. The summed E-state index contributed by atoms with van der Waals surface area (Å²) in [7, 11) is 0. The van der Waals surface area contributed by atoms with Crippen LogP contribution in [0.3, 0.4) is 0 Å². The van der Waals surface area contributed by atoms with E-state index in [4.69, 9.17) is 38.5 Å². The molecule has 73 heavy (non-hydrogen) atoms. The van der Waals surface area contributed by atoms with E-state index in [1.54, 1.807) is 20.8 Å². The third-order valence-electron chi connectivity index (χ3n) is 15.1. The Labute approximate surface area is 439 Å². The molecule has 0 aromatic carbocycles. The Morgan fingerprint density at radius 2 is 1.08 bits per heavy atom. The number of aliphatic hydroxyl groups excluding tert-OH is 1. The van der Waals surface area contributed by atoms with Crippen molar-refractivity contribution in [1.82, 2.24) is 21.3 Å². The molecular formula is C55H111F6N9O3. The summed E-state index contributed by atoms with van der Waals surface area (Å²) < 4.78 is 80.6. The van der Waals surface area contributed by atoms with Crippen molar-refractivity contribution in [3.8, 4) is 0 Å². The molecule has 10 atom stereocenters. The molecule has 8 fully saturated rings. The zero-order chi connectivity index (χ0) is 55.1. The number of nitrogens with one attached hydrogen (secondary N) is 4. The summed E-state index contributed by atoms with van der Waals surface area (Å²) >= 11 is 0. The summed E-state index contributed by atoms with van der Waals surface area (Å²) in [5.41, 5.74) is 27.1. The highest BCUT2D eigenvalue weighted by molar-refractivity contribution is 5.68. The number of carbonyl (C=O) groups is 1. The molecule has 0 bridgehead atoms. The van der Waals surface area contributed by atoms with Crippen LogP contribution in [0.15, 0.2) is 0 Å². The van der Waals surface area contributed by atoms with Gasteiger partial charge in [0, 0.05) is 43.6 Å². The van der Waals surface area contributed by atoms with E-state index in [0.29, 0.717) is 63.7 Å². The average molecular weight is 1060 g/mol. The zero-order valence-electron chi connectivity index (χ0n) is 46.9. The lowest BCUT2D eigenvalue weighted by atomic mass is 9.84. The van der Waals surface area contributed by atoms with E-state index >= 15 is 0 Å². The van der Waals surface area contributed by atoms with Crippen LogP contribution in [0.2, 0.25) is 0 Å². The van der Waals surface area contributed by atoms with Crippen LogP contribution in [0, 0.1) is 17.8 Å². The highest BCUT2D eigenvalue weighted by atomic mass is 19.3. The number of carbonyl (C=O) groups excluding carboxylic acids is 1. The van der Waals surface area contributed by atoms with E-state index in [9.17, 15) is 31.1 Å². The largest absolute Gasteiger partial charge is 0.444 e. The van der Waals surface area contributed by atoms with Gasteiger partial charge >= 0.3 is 6.09 Å². The number of rotatable bonds is 1. The molecule has 8 rings (SSSR count). The van der Waals surface area contributed by atoms with E-state index in [1.807, 2.05) is 0 Å². The number of alkyl carbamates (subject to hydrolysis) is 1. The van der Waals surface area contributed by atoms with Crippen LogP contribution in [0.1, 0.15) is 215 Å². The molecule has 436 valence electrons. The van der Waals surface area contributed by atoms with Gasteiger partial charge in [0.05, 0.1) is 24.2 Å². The van der Waals surface area contributed by atoms with E-state index in [-0.39, 0.29) is 30.5 Å². The first kappa shape index (κ1) is 69.5. The monoisotopic (exact) mass is 1060 g/mol. The number of nitrogens with two attached hydrogens (primary N) is 5. The van der Waals surface area contributed by atoms with Crippen LogP contribution in [0.5, 0.6) is 0 Å². The second-order valence-electron chi connectivity index (χ2n) is 24.0. The molecular weight excluding hydrogens is 949 g/mol. The molecule has 0 aromatic rings. The highest BCUT2D eigenvalue weighted by Crippen LogP contribution is 2.33. The van der Waals surface area contributed by atoms with Gasteiger partial charge in [0.2, 0.25) is 0 Å². The van der Waals surface area contributed by atoms with Crippen LogP contribution < -0.4 is 49.9 Å². The fraction of sp³-hybridized carbons (Fsp3) is 0.982. The molecule has 0 spiro atoms. The third-order valence-corrected chi connectivity index (χ3v) is 15.1. The van der Waals surface area contributed by atoms with Crippen LogP contribution >= 0.6 is 0 Å². The predicted molar refractivity (Wildman–Crippen MR) is 289 cm³/mol. The number of ether oxygens (including phenoxy) is 1. The minimum Gasteiger partial charge on any atom is -0.444 e. The topological polar surface area (TPSA) is 225 Å². The Kier molecular flexibility index (Phi) is 35.5. The first-order chi connectivity index (χ1) is 34.1. The maximum atomic E-state index is 13.3. The summed E-state index contributed by atoms with van der Waals surface area (Å²) in [4.78, 5) is 11.3. The number of piperidine rings is 3. The van der Waals surface area contributed by atoms with Crippen molar-refractivity contribution in [2.24, 2.45) is 46.4 Å². The van der Waals surface area contributed by atoms with Gasteiger partial charge in [0.25, 0.3) is 11.8 Å². The molecule has 1 amide bonds. The molecule has 0 radical (unpaired) electrons. The van der Waals surface area contributed by atoms with E-state index < -0.39 is 54.0 Å². The molecule has 3 saturated heterocycles. The van der Waals surface area contributed by atoms with E-state index in [2.05, 4.69) is 49.0 Å². The summed E-state index contributed by atoms with van der Waals surface area (Å²) in [6, 6.07) is -1.66. The third kappa shape index (κ3) is 34.8. The van der Waals surface area contributed by atoms with Gasteiger partial charge in [-0.3, -0.25) is 0 Å². The standard InChI is InChI=1S/C10H19FN2O2.3C7H15N.2C6H11F2N.C6H12FN.C6H13NO/c1-10(2,3)15-9(14)13-8-6-12-5-4-7(8)11;1-6-3-4-8-5-7(6)2;1-7(8)5-3-2-4-6-7;8-7-5-3-1-2-4-6-7;2*7-6(8)4-2-1-3-5(6)9;1-5-2-6(7)4-8-3-5;7-5-3-1-2-4-6(5)8/h7-8,12H,4-6H2,1-3H3,(H,13,14);6-8H,3-5H2,1-2H3;2-6,8H2,1H3;7H,1-6,8H2;2*5H,1-4,9H2;5-6,8H,2-4H2,1H3;5-6,8H,1-4,7H2/t7-,8+;6-,7+;;;2*5-;5-,6-;5-,6+/m11..1010/s1. The fourth-order valence-corrected chi connectivity index (χ4v) is 9.72. The van der Waals surface area contributed by atoms with Crippen molar-refractivity contribution in [3.05, 3.63) is 0 Å². The number of amides is 1. The summed E-state index contributed by atoms with van der Waals surface area (Å²) in [6.45, 7) is 19.3. The lowest BCUT2D eigenvalue weighted by Crippen LogP contribution is -2.53. The van der Waals surface area contributed by atoms with Gasteiger partial charge in [-0.25, -0.2) is 31.1 Å². The number of halogens is 6. The van der Waals surface area contributed by atoms with Gasteiger partial charge in [0.15, 0.2) is 0 Å². The van der Waals surface area contributed by atoms with Gasteiger partial charge in [-0.1, -0.05) is 91.4 Å². The normalized spacial score (nSPS) is 32.9. The molecule has 5 saturated carbocycles. The van der Waals surface area contributed by atoms with Crippen LogP contribution in [-0.2, 0) is 4.74 Å². The van der Waals surface area contributed by atoms with Gasteiger partial charge in [-0.05, 0) is 155 Å². The molecule has 5 aliphatic carbocycles. The Morgan fingerprint density at radius 1 is 0.603 bits per heavy atom. The van der Waals surface area contributed by atoms with Crippen molar-refractivity contribution in [1.29, 1.82) is 0 Å². The SMILES string of the molecule is CC(C)(C)OC(=O)N[C@H]1CNCC[C@H]1F.CC1(N)CCCCC1.C[C@@H]1CCNC[C@@H]1C.C[C@H]1CNC[C@H](F)C1.NC1CCCCCC1.N[C@@H]1CCCCC1(F)F.N[C@H]1CCCCC1(F)F.N[C@H]1CCCC[C@H]1O. The maximum Gasteiger partial charge on any atom is 0.408 e. The number of aliphatic hydroxyl groups is 1. The van der Waals surface area contributed by atoms with Gasteiger partial charge in [-0.15, -0.1) is 0 Å². The lowest BCUT2D eigenvalue weighted by molar-refractivity contribution is -0.0519. The number of alkyl halides is 6. The second-order valence-corrected chi connectivity index (χ2v) is 24.0. The maximum absolute atomic E-state index is 13.3. The van der Waals surface area contributed by atoms with Crippen LogP contribution in [-0.4, -0.2) is 122 Å². The Hall–Kier alpha value is -1.51. The van der Waals surface area contributed by atoms with Crippen molar-refractivity contribution in [3.63, 3.8) is 0 Å². The highest BCUT2D eigenvalue weighted by Gasteiger charge is 2.39. The van der Waals surface area contributed by atoms with Crippen molar-refractivity contribution >= 4 is 6.09 Å². The Bertz CT molecular complexity index is 1300. The van der Waals surface area contributed by atoms with E-state index in [0.717, 1.165) is 56.9 Å². The molecule has 8 aliphatic rings. The van der Waals surface area contributed by atoms with Crippen molar-refractivity contribution in [2.75, 3.05) is 39.3 Å². The summed E-state index contributed by atoms with van der Waals surface area (Å²) in [5.74, 6) is -2.81. The van der Waals surface area contributed by atoms with Crippen LogP contribution in [0.4, 0.5) is 31.1 Å². The molecule has 15 N–H and O–H groups in total. The molecule has 0 unspecified atom stereocenters. The summed E-state index contributed by atoms with van der Waals surface area (Å²) in [5, 5.41) is 21.0. The molecule has 3 heterocycles. The molecule has 12 nitrogen and oxygen atoms in total. The first-order valence-corrected chi connectivity index (χ1v) is 28.8. The minimum absolute atomic E-state index is 0.0197. The smallest absolute Gasteiger partial charge is 0.408 e. The van der Waals surface area contributed by atoms with Crippen LogP contribution in [0.25, 0.3) is 0 Å². The lowest BCUT2D eigenvalue weighted by Gasteiger charge is -2.28. The van der Waals surface area contributed by atoms with Crippen molar-refractivity contribution in [2.45, 2.75) is 287 Å². The molecule has 3 aliphatic heterocycles. The number of hydrogen-bond acceptors (Lipinski definition) is 11. The number of hydrogen-bond donors (Lipinski definition) is 10. The first-order valence-electron chi connectivity index (χ1n) is 28.8. The second kappa shape index (κ2) is 37.3. The average Bonchev–Trinajstić information content (AvgIpc) is 3.56.